The van der Waals surface area contributed by atoms with Gasteiger partial charge in [-0.05, 0) is 36.4 Å². The molecule has 132 valence electrons. The molecule has 26 heavy (non-hydrogen) atoms. The molecule has 1 fully saturated rings. The number of amidine groups is 1. The number of carboxylic acid groups (broad SMARTS) is 1. The molecule has 3 N–H and O–H groups in total. The Kier molecular flexibility index (Phi) is 5.33. The number of aromatic carboxylic acids is 1. The fourth-order valence-electron chi connectivity index (χ4n) is 2.29. The predicted molar refractivity (Wildman–Crippen MR) is 99.7 cm³/mol. The molecule has 0 radical (unpaired) electrons. The third kappa shape index (κ3) is 4.48. The van der Waals surface area contributed by atoms with Crippen LogP contribution in [0.15, 0.2) is 59.6 Å². The molecule has 1 aliphatic heterocycles. The quantitative estimate of drug-likeness (QED) is 0.751. The van der Waals surface area contributed by atoms with Gasteiger partial charge in [0.05, 0.1) is 11.3 Å². The number of nitrogens with zero attached hydrogens (tertiary/aromatic N) is 1. The molecule has 7 nitrogen and oxygen atoms in total. The summed E-state index contributed by atoms with van der Waals surface area (Å²) in [7, 11) is 0. The Morgan fingerprint density at radius 2 is 1.81 bits per heavy atom. The molecular formula is C18H15N3O4S. The number of carboxylic acids is 1. The van der Waals surface area contributed by atoms with E-state index >= 15 is 0 Å². The molecule has 0 saturated carbocycles. The first-order valence-electron chi connectivity index (χ1n) is 7.76. The lowest BCUT2D eigenvalue weighted by Crippen LogP contribution is -2.28. The summed E-state index contributed by atoms with van der Waals surface area (Å²) in [6, 6.07) is 15.0. The van der Waals surface area contributed by atoms with E-state index in [4.69, 9.17) is 5.11 Å². The second-order valence-corrected chi connectivity index (χ2v) is 6.67. The Balaban J connectivity index is 1.58. The van der Waals surface area contributed by atoms with Crippen molar-refractivity contribution in [1.29, 1.82) is 0 Å². The minimum atomic E-state index is -1.04. The normalized spacial score (nSPS) is 17.8. The fourth-order valence-corrected chi connectivity index (χ4v) is 3.28. The molecule has 1 atom stereocenters. The van der Waals surface area contributed by atoms with Gasteiger partial charge in [0, 0.05) is 12.1 Å². The zero-order chi connectivity index (χ0) is 18.5. The summed E-state index contributed by atoms with van der Waals surface area (Å²) in [5.74, 6) is -1.63. The van der Waals surface area contributed by atoms with Crippen molar-refractivity contribution in [2.24, 2.45) is 4.99 Å². The Morgan fingerprint density at radius 3 is 2.46 bits per heavy atom. The predicted octanol–water partition coefficient (Wildman–Crippen LogP) is 2.63. The van der Waals surface area contributed by atoms with Crippen molar-refractivity contribution in [1.82, 2.24) is 5.32 Å². The van der Waals surface area contributed by atoms with Crippen LogP contribution in [0, 0.1) is 0 Å². The molecule has 0 aliphatic carbocycles. The van der Waals surface area contributed by atoms with Gasteiger partial charge >= 0.3 is 5.97 Å². The number of nitrogens with one attached hydrogen (secondary N) is 2. The van der Waals surface area contributed by atoms with Gasteiger partial charge < -0.3 is 15.7 Å². The first-order valence-corrected chi connectivity index (χ1v) is 8.64. The molecule has 0 spiro atoms. The molecular weight excluding hydrogens is 354 g/mol. The van der Waals surface area contributed by atoms with Crippen LogP contribution in [0.3, 0.4) is 0 Å². The minimum absolute atomic E-state index is 0.00894. The lowest BCUT2D eigenvalue weighted by molar-refractivity contribution is -0.122. The average Bonchev–Trinajstić information content (AvgIpc) is 2.95. The number of hydrogen-bond donors (Lipinski definition) is 3. The molecule has 1 aliphatic rings. The van der Waals surface area contributed by atoms with E-state index in [1.807, 2.05) is 30.3 Å². The average molecular weight is 369 g/mol. The fraction of sp³-hybridized carbons (Fsp3) is 0.111. The van der Waals surface area contributed by atoms with Gasteiger partial charge in [0.25, 0.3) is 0 Å². The van der Waals surface area contributed by atoms with E-state index < -0.39 is 11.2 Å². The van der Waals surface area contributed by atoms with Crippen molar-refractivity contribution < 1.29 is 19.5 Å². The number of benzene rings is 2. The van der Waals surface area contributed by atoms with Gasteiger partial charge in [0.1, 0.15) is 5.25 Å². The summed E-state index contributed by atoms with van der Waals surface area (Å²) in [4.78, 5) is 39.3. The van der Waals surface area contributed by atoms with Crippen LogP contribution in [0.5, 0.6) is 0 Å². The molecule has 0 bridgehead atoms. The van der Waals surface area contributed by atoms with Gasteiger partial charge in [0.15, 0.2) is 5.17 Å². The summed E-state index contributed by atoms with van der Waals surface area (Å²) in [5, 5.41) is 14.1. The van der Waals surface area contributed by atoms with Crippen LogP contribution >= 0.6 is 11.8 Å². The molecule has 8 heteroatoms. The molecule has 2 aromatic carbocycles. The largest absolute Gasteiger partial charge is 0.478 e. The monoisotopic (exact) mass is 369 g/mol. The van der Waals surface area contributed by atoms with Crippen molar-refractivity contribution in [3.05, 3.63) is 60.2 Å². The summed E-state index contributed by atoms with van der Waals surface area (Å²) in [6.07, 6.45) is -0.00894. The molecule has 0 unspecified atom stereocenters. The Hall–Kier alpha value is -3.13. The number of carbonyl (C=O) groups is 3. The number of thioether (sulfide) groups is 1. The number of anilines is 1. The van der Waals surface area contributed by atoms with Crippen LogP contribution in [0.4, 0.5) is 11.4 Å². The number of hydrogen-bond acceptors (Lipinski definition) is 5. The highest BCUT2D eigenvalue weighted by Gasteiger charge is 2.32. The maximum absolute atomic E-state index is 12.1. The smallest absolute Gasteiger partial charge is 0.335 e. The zero-order valence-electron chi connectivity index (χ0n) is 13.5. The third-order valence-corrected chi connectivity index (χ3v) is 4.63. The lowest BCUT2D eigenvalue weighted by Gasteiger charge is -2.07. The lowest BCUT2D eigenvalue weighted by atomic mass is 10.2. The van der Waals surface area contributed by atoms with E-state index in [0.717, 1.165) is 5.69 Å². The Labute approximate surface area is 153 Å². The van der Waals surface area contributed by atoms with E-state index in [9.17, 15) is 14.4 Å². The van der Waals surface area contributed by atoms with Crippen LogP contribution in [0.1, 0.15) is 16.8 Å². The number of rotatable bonds is 5. The zero-order valence-corrected chi connectivity index (χ0v) is 14.3. The van der Waals surface area contributed by atoms with Crippen LogP contribution in [0.2, 0.25) is 0 Å². The standard InChI is InChI=1S/C18H15N3O4S/c22-15(19-13-8-6-11(7-9-13)17(24)25)10-14-16(23)21-18(26-14)20-12-4-2-1-3-5-12/h1-9,14H,10H2,(H,19,22)(H,24,25)(H,20,21,23)/t14-/m0/s1. The highest BCUT2D eigenvalue weighted by atomic mass is 32.2. The number of para-hydroxylation sites is 1. The van der Waals surface area contributed by atoms with Crippen molar-refractivity contribution in [2.45, 2.75) is 11.7 Å². The van der Waals surface area contributed by atoms with Gasteiger partial charge in [-0.3, -0.25) is 9.59 Å². The highest BCUT2D eigenvalue weighted by molar-refractivity contribution is 8.15. The maximum Gasteiger partial charge on any atom is 0.335 e. The maximum atomic E-state index is 12.1. The topological polar surface area (TPSA) is 108 Å². The van der Waals surface area contributed by atoms with Crippen LogP contribution in [-0.2, 0) is 9.59 Å². The SMILES string of the molecule is O=C(C[C@@H]1SC(=Nc2ccccc2)NC1=O)Nc1ccc(C(=O)O)cc1. The first kappa shape index (κ1) is 17.7. The van der Waals surface area contributed by atoms with Crippen LogP contribution in [-0.4, -0.2) is 33.3 Å². The van der Waals surface area contributed by atoms with Crippen LogP contribution < -0.4 is 10.6 Å². The van der Waals surface area contributed by atoms with Crippen LogP contribution in [0.25, 0.3) is 0 Å². The molecule has 1 heterocycles. The Morgan fingerprint density at radius 1 is 1.12 bits per heavy atom. The summed E-state index contributed by atoms with van der Waals surface area (Å²) in [5.41, 5.74) is 1.33. The van der Waals surface area contributed by atoms with Crippen molar-refractivity contribution in [3.8, 4) is 0 Å². The number of carbonyl (C=O) groups excluding carboxylic acids is 2. The molecule has 2 amide bonds. The van der Waals surface area contributed by atoms with Crippen molar-refractivity contribution >= 4 is 46.1 Å². The summed E-state index contributed by atoms with van der Waals surface area (Å²) >= 11 is 1.21. The van der Waals surface area contributed by atoms with Gasteiger partial charge in [-0.25, -0.2) is 9.79 Å². The highest BCUT2D eigenvalue weighted by Crippen LogP contribution is 2.25. The van der Waals surface area contributed by atoms with Gasteiger partial charge in [-0.1, -0.05) is 30.0 Å². The second-order valence-electron chi connectivity index (χ2n) is 5.48. The second kappa shape index (κ2) is 7.83. The van der Waals surface area contributed by atoms with E-state index in [0.29, 0.717) is 10.9 Å². The minimum Gasteiger partial charge on any atom is -0.478 e. The van der Waals surface area contributed by atoms with Crippen molar-refractivity contribution in [3.63, 3.8) is 0 Å². The van der Waals surface area contributed by atoms with Gasteiger partial charge in [-0.15, -0.1) is 0 Å². The molecule has 3 rings (SSSR count). The van der Waals surface area contributed by atoms with Gasteiger partial charge in [-0.2, -0.15) is 0 Å². The molecule has 0 aromatic heterocycles. The third-order valence-electron chi connectivity index (χ3n) is 3.55. The van der Waals surface area contributed by atoms with E-state index in [2.05, 4.69) is 15.6 Å². The van der Waals surface area contributed by atoms with E-state index in [1.54, 1.807) is 0 Å². The summed E-state index contributed by atoms with van der Waals surface area (Å²) in [6.45, 7) is 0. The number of amides is 2. The van der Waals surface area contributed by atoms with E-state index in [1.165, 1.54) is 36.0 Å². The molecule has 1 saturated heterocycles. The van der Waals surface area contributed by atoms with Crippen molar-refractivity contribution in [2.75, 3.05) is 5.32 Å². The Bertz CT molecular complexity index is 866. The number of aliphatic imine (C=N–C) groups is 1. The summed E-state index contributed by atoms with van der Waals surface area (Å²) < 4.78 is 0. The first-order chi connectivity index (χ1) is 12.5. The van der Waals surface area contributed by atoms with Gasteiger partial charge in [0.2, 0.25) is 11.8 Å². The van der Waals surface area contributed by atoms with E-state index in [-0.39, 0.29) is 23.8 Å². The molecule has 2 aromatic rings.